The van der Waals surface area contributed by atoms with Crippen LogP contribution in [0.25, 0.3) is 0 Å². The molecule has 0 saturated carbocycles. The summed E-state index contributed by atoms with van der Waals surface area (Å²) >= 11 is 0. The number of esters is 1. The van der Waals surface area contributed by atoms with E-state index in [9.17, 15) is 4.79 Å². The fourth-order valence-corrected chi connectivity index (χ4v) is 1.41. The third-order valence-electron chi connectivity index (χ3n) is 2.68. The highest BCUT2D eigenvalue weighted by Gasteiger charge is 2.10. The first kappa shape index (κ1) is 12.7. The van der Waals surface area contributed by atoms with Gasteiger partial charge in [-0.3, -0.25) is 9.48 Å². The Morgan fingerprint density at radius 2 is 2.38 bits per heavy atom. The Hall–Kier alpha value is -1.36. The molecular weight excluding hydrogens is 206 g/mol. The second kappa shape index (κ2) is 5.65. The molecule has 1 rings (SSSR count). The van der Waals surface area contributed by atoms with Gasteiger partial charge in [0, 0.05) is 30.9 Å². The number of nitrogens with zero attached hydrogens (tertiary/aromatic N) is 2. The molecule has 0 aromatic carbocycles. The maximum Gasteiger partial charge on any atom is 0.307 e. The van der Waals surface area contributed by atoms with Crippen LogP contribution in [-0.2, 0) is 23.1 Å². The number of aromatic nitrogens is 2. The lowest BCUT2D eigenvalue weighted by Gasteiger charge is -2.11. The summed E-state index contributed by atoms with van der Waals surface area (Å²) in [6, 6.07) is 0.104. The molecule has 0 radical (unpaired) electrons. The highest BCUT2D eigenvalue weighted by Crippen LogP contribution is 2.05. The van der Waals surface area contributed by atoms with E-state index in [1.54, 1.807) is 0 Å². The van der Waals surface area contributed by atoms with Crippen molar-refractivity contribution in [2.75, 3.05) is 7.11 Å². The molecule has 0 amide bonds. The molecule has 16 heavy (non-hydrogen) atoms. The van der Waals surface area contributed by atoms with E-state index < -0.39 is 0 Å². The number of aryl methyl sites for hydroxylation is 1. The second-order valence-corrected chi connectivity index (χ2v) is 3.94. The molecule has 0 saturated heterocycles. The topological polar surface area (TPSA) is 56.1 Å². The molecule has 5 heteroatoms. The van der Waals surface area contributed by atoms with Crippen molar-refractivity contribution < 1.29 is 9.53 Å². The largest absolute Gasteiger partial charge is 0.469 e. The number of carbonyl (C=O) groups is 1. The van der Waals surface area contributed by atoms with Gasteiger partial charge < -0.3 is 10.1 Å². The number of ether oxygens (including phenoxy) is 1. The highest BCUT2D eigenvalue weighted by atomic mass is 16.5. The van der Waals surface area contributed by atoms with Crippen molar-refractivity contribution in [3.05, 3.63) is 17.5 Å². The molecular formula is C11H19N3O2. The van der Waals surface area contributed by atoms with Crippen LogP contribution >= 0.6 is 0 Å². The van der Waals surface area contributed by atoms with Crippen molar-refractivity contribution in [1.29, 1.82) is 0 Å². The fraction of sp³-hybridized carbons (Fsp3) is 0.636. The van der Waals surface area contributed by atoms with E-state index in [1.807, 2.05) is 31.8 Å². The van der Waals surface area contributed by atoms with Gasteiger partial charge in [-0.25, -0.2) is 0 Å². The van der Waals surface area contributed by atoms with Crippen molar-refractivity contribution in [3.8, 4) is 0 Å². The molecule has 0 spiro atoms. The van der Waals surface area contributed by atoms with E-state index in [0.717, 1.165) is 17.8 Å². The van der Waals surface area contributed by atoms with Crippen LogP contribution in [0.1, 0.15) is 24.6 Å². The molecule has 1 aromatic heterocycles. The molecule has 0 fully saturated rings. The van der Waals surface area contributed by atoms with E-state index in [1.165, 1.54) is 7.11 Å². The zero-order valence-electron chi connectivity index (χ0n) is 10.3. The molecule has 0 aliphatic heterocycles. The lowest BCUT2D eigenvalue weighted by Crippen LogP contribution is -2.28. The van der Waals surface area contributed by atoms with Crippen LogP contribution in [0.2, 0.25) is 0 Å². The van der Waals surface area contributed by atoms with Gasteiger partial charge >= 0.3 is 5.97 Å². The monoisotopic (exact) mass is 225 g/mol. The van der Waals surface area contributed by atoms with Crippen LogP contribution in [0.15, 0.2) is 6.20 Å². The van der Waals surface area contributed by atoms with Gasteiger partial charge in [-0.1, -0.05) is 0 Å². The zero-order chi connectivity index (χ0) is 12.1. The Kier molecular flexibility index (Phi) is 4.49. The first-order valence-electron chi connectivity index (χ1n) is 5.32. The van der Waals surface area contributed by atoms with E-state index >= 15 is 0 Å². The summed E-state index contributed by atoms with van der Waals surface area (Å²) < 4.78 is 6.44. The Morgan fingerprint density at radius 1 is 1.69 bits per heavy atom. The van der Waals surface area contributed by atoms with Gasteiger partial charge in [0.15, 0.2) is 0 Å². The van der Waals surface area contributed by atoms with Gasteiger partial charge in [0.2, 0.25) is 0 Å². The summed E-state index contributed by atoms with van der Waals surface area (Å²) in [6.07, 6.45) is 2.23. The van der Waals surface area contributed by atoms with Crippen LogP contribution in [0.3, 0.4) is 0 Å². The fourth-order valence-electron chi connectivity index (χ4n) is 1.41. The van der Waals surface area contributed by atoms with Crippen molar-refractivity contribution in [2.45, 2.75) is 32.9 Å². The Morgan fingerprint density at radius 3 is 2.88 bits per heavy atom. The lowest BCUT2D eigenvalue weighted by molar-refractivity contribution is -0.141. The minimum atomic E-state index is -0.192. The standard InChI is InChI=1S/C11H19N3O2/c1-8(5-11(15)16-4)12-6-10-7-13-14(3)9(10)2/h7-8,12H,5-6H2,1-4H3. The van der Waals surface area contributed by atoms with Gasteiger partial charge in [-0.2, -0.15) is 5.10 Å². The minimum absolute atomic E-state index is 0.104. The average Bonchev–Trinajstić information content (AvgIpc) is 2.57. The molecule has 0 aliphatic carbocycles. The molecule has 90 valence electrons. The number of rotatable bonds is 5. The number of carbonyl (C=O) groups excluding carboxylic acids is 1. The maximum absolute atomic E-state index is 11.0. The summed E-state index contributed by atoms with van der Waals surface area (Å²) in [4.78, 5) is 11.0. The first-order chi connectivity index (χ1) is 7.54. The molecule has 5 nitrogen and oxygen atoms in total. The van der Waals surface area contributed by atoms with Crippen molar-refractivity contribution in [2.24, 2.45) is 7.05 Å². The highest BCUT2D eigenvalue weighted by molar-refractivity contribution is 5.69. The van der Waals surface area contributed by atoms with E-state index in [4.69, 9.17) is 0 Å². The predicted octanol–water partition coefficient (Wildman–Crippen LogP) is 0.770. The van der Waals surface area contributed by atoms with Crippen LogP contribution < -0.4 is 5.32 Å². The Labute approximate surface area is 95.8 Å². The summed E-state index contributed by atoms with van der Waals surface area (Å²) in [5, 5.41) is 7.42. The Balaban J connectivity index is 2.40. The molecule has 0 bridgehead atoms. The van der Waals surface area contributed by atoms with E-state index in [-0.39, 0.29) is 12.0 Å². The van der Waals surface area contributed by atoms with Gasteiger partial charge in [0.05, 0.1) is 19.7 Å². The third kappa shape index (κ3) is 3.34. The molecule has 1 heterocycles. The zero-order valence-corrected chi connectivity index (χ0v) is 10.3. The smallest absolute Gasteiger partial charge is 0.307 e. The van der Waals surface area contributed by atoms with Crippen molar-refractivity contribution in [3.63, 3.8) is 0 Å². The molecule has 0 aliphatic rings. The number of hydrogen-bond donors (Lipinski definition) is 1. The predicted molar refractivity (Wildman–Crippen MR) is 60.9 cm³/mol. The van der Waals surface area contributed by atoms with Crippen LogP contribution in [0.5, 0.6) is 0 Å². The number of hydrogen-bond acceptors (Lipinski definition) is 4. The van der Waals surface area contributed by atoms with Gasteiger partial charge in [-0.15, -0.1) is 0 Å². The Bertz CT molecular complexity index is 360. The molecule has 1 aromatic rings. The molecule has 1 atom stereocenters. The van der Waals surface area contributed by atoms with Crippen LogP contribution in [0.4, 0.5) is 0 Å². The normalized spacial score (nSPS) is 12.5. The van der Waals surface area contributed by atoms with Gasteiger partial charge in [0.1, 0.15) is 0 Å². The SMILES string of the molecule is COC(=O)CC(C)NCc1cnn(C)c1C. The maximum atomic E-state index is 11.0. The second-order valence-electron chi connectivity index (χ2n) is 3.94. The van der Waals surface area contributed by atoms with E-state index in [2.05, 4.69) is 15.2 Å². The average molecular weight is 225 g/mol. The van der Waals surface area contributed by atoms with Gasteiger partial charge in [-0.05, 0) is 13.8 Å². The molecule has 1 N–H and O–H groups in total. The summed E-state index contributed by atoms with van der Waals surface area (Å²) in [6.45, 7) is 4.70. The van der Waals surface area contributed by atoms with Crippen LogP contribution in [-0.4, -0.2) is 28.9 Å². The quantitative estimate of drug-likeness (QED) is 0.752. The van der Waals surface area contributed by atoms with Crippen molar-refractivity contribution in [1.82, 2.24) is 15.1 Å². The van der Waals surface area contributed by atoms with E-state index in [0.29, 0.717) is 6.42 Å². The summed E-state index contributed by atoms with van der Waals surface area (Å²) in [7, 11) is 3.32. The third-order valence-corrected chi connectivity index (χ3v) is 2.68. The molecule has 1 unspecified atom stereocenters. The van der Waals surface area contributed by atoms with Crippen LogP contribution in [0, 0.1) is 6.92 Å². The minimum Gasteiger partial charge on any atom is -0.469 e. The summed E-state index contributed by atoms with van der Waals surface area (Å²) in [5.41, 5.74) is 2.29. The van der Waals surface area contributed by atoms with Crippen molar-refractivity contribution >= 4 is 5.97 Å². The number of methoxy groups -OCH3 is 1. The first-order valence-corrected chi connectivity index (χ1v) is 5.32. The summed E-state index contributed by atoms with van der Waals surface area (Å²) in [5.74, 6) is -0.192. The van der Waals surface area contributed by atoms with Gasteiger partial charge in [0.25, 0.3) is 0 Å². The lowest BCUT2D eigenvalue weighted by atomic mass is 10.2. The number of nitrogens with one attached hydrogen (secondary N) is 1.